The number of hydrogen-bond donors (Lipinski definition) is 1. The standard InChI is InChI=1S/C15H14Cl3NO/c1-2-19-9-10-3-6-14(13(18)7-10)20-15-8-11(16)4-5-12(15)17/h3-8,19H,2,9H2,1H3. The van der Waals surface area contributed by atoms with Crippen molar-refractivity contribution >= 4 is 34.8 Å². The summed E-state index contributed by atoms with van der Waals surface area (Å²) < 4.78 is 5.71. The molecule has 0 amide bonds. The first-order valence-corrected chi connectivity index (χ1v) is 7.35. The Bertz CT molecular complexity index is 602. The van der Waals surface area contributed by atoms with E-state index >= 15 is 0 Å². The average Bonchev–Trinajstić information content (AvgIpc) is 2.43. The van der Waals surface area contributed by atoms with Crippen molar-refractivity contribution in [2.75, 3.05) is 6.54 Å². The van der Waals surface area contributed by atoms with E-state index in [4.69, 9.17) is 39.5 Å². The van der Waals surface area contributed by atoms with Crippen LogP contribution in [-0.2, 0) is 6.54 Å². The topological polar surface area (TPSA) is 21.3 Å². The van der Waals surface area contributed by atoms with Crippen molar-refractivity contribution in [2.45, 2.75) is 13.5 Å². The Balaban J connectivity index is 2.19. The summed E-state index contributed by atoms with van der Waals surface area (Å²) in [7, 11) is 0. The van der Waals surface area contributed by atoms with Crippen LogP contribution in [-0.4, -0.2) is 6.54 Å². The van der Waals surface area contributed by atoms with Crippen molar-refractivity contribution < 1.29 is 4.74 Å². The fraction of sp³-hybridized carbons (Fsp3) is 0.200. The fourth-order valence-electron chi connectivity index (χ4n) is 1.68. The number of rotatable bonds is 5. The van der Waals surface area contributed by atoms with Crippen LogP contribution < -0.4 is 10.1 Å². The second-order valence-corrected chi connectivity index (χ2v) is 5.47. The molecule has 0 atom stereocenters. The molecule has 106 valence electrons. The Labute approximate surface area is 133 Å². The van der Waals surface area contributed by atoms with Gasteiger partial charge < -0.3 is 10.1 Å². The van der Waals surface area contributed by atoms with Crippen molar-refractivity contribution in [1.29, 1.82) is 0 Å². The minimum absolute atomic E-state index is 0.487. The molecule has 2 aromatic rings. The fourth-order valence-corrected chi connectivity index (χ4v) is 2.24. The maximum Gasteiger partial charge on any atom is 0.147 e. The van der Waals surface area contributed by atoms with E-state index in [0.717, 1.165) is 18.7 Å². The zero-order valence-electron chi connectivity index (χ0n) is 10.9. The summed E-state index contributed by atoms with van der Waals surface area (Å²) in [5.74, 6) is 1.04. The van der Waals surface area contributed by atoms with Crippen LogP contribution in [0.1, 0.15) is 12.5 Å². The molecule has 5 heteroatoms. The quantitative estimate of drug-likeness (QED) is 0.776. The molecule has 0 heterocycles. The van der Waals surface area contributed by atoms with E-state index in [1.54, 1.807) is 18.2 Å². The summed E-state index contributed by atoms with van der Waals surface area (Å²) in [4.78, 5) is 0. The highest BCUT2D eigenvalue weighted by Crippen LogP contribution is 2.35. The van der Waals surface area contributed by atoms with E-state index in [0.29, 0.717) is 26.6 Å². The Morgan fingerprint density at radius 3 is 2.45 bits per heavy atom. The molecular formula is C15H14Cl3NO. The highest BCUT2D eigenvalue weighted by molar-refractivity contribution is 6.34. The van der Waals surface area contributed by atoms with Crippen LogP contribution in [0, 0.1) is 0 Å². The number of halogens is 3. The third-order valence-electron chi connectivity index (χ3n) is 2.69. The smallest absolute Gasteiger partial charge is 0.147 e. The first-order chi connectivity index (χ1) is 9.60. The molecule has 0 aliphatic heterocycles. The second-order valence-electron chi connectivity index (χ2n) is 4.22. The van der Waals surface area contributed by atoms with Crippen molar-refractivity contribution in [3.63, 3.8) is 0 Å². The SMILES string of the molecule is CCNCc1ccc(Oc2cc(Cl)ccc2Cl)c(Cl)c1. The molecule has 0 fully saturated rings. The third kappa shape index (κ3) is 4.03. The van der Waals surface area contributed by atoms with Gasteiger partial charge in [0, 0.05) is 17.6 Å². The zero-order valence-corrected chi connectivity index (χ0v) is 13.2. The number of nitrogens with one attached hydrogen (secondary N) is 1. The van der Waals surface area contributed by atoms with Crippen molar-refractivity contribution in [2.24, 2.45) is 0 Å². The van der Waals surface area contributed by atoms with Gasteiger partial charge in [-0.2, -0.15) is 0 Å². The molecule has 2 aromatic carbocycles. The lowest BCUT2D eigenvalue weighted by atomic mass is 10.2. The van der Waals surface area contributed by atoms with Crippen LogP contribution in [0.4, 0.5) is 0 Å². The van der Waals surface area contributed by atoms with Crippen LogP contribution in [0.2, 0.25) is 15.1 Å². The molecule has 0 aliphatic rings. The average molecular weight is 331 g/mol. The van der Waals surface area contributed by atoms with Gasteiger partial charge >= 0.3 is 0 Å². The van der Waals surface area contributed by atoms with Crippen LogP contribution in [0.15, 0.2) is 36.4 Å². The van der Waals surface area contributed by atoms with Gasteiger partial charge in [-0.15, -0.1) is 0 Å². The number of benzene rings is 2. The van der Waals surface area contributed by atoms with Gasteiger partial charge in [0.15, 0.2) is 0 Å². The number of ether oxygens (including phenoxy) is 1. The summed E-state index contributed by atoms with van der Waals surface area (Å²) >= 11 is 18.2. The summed E-state index contributed by atoms with van der Waals surface area (Å²) in [6.07, 6.45) is 0. The van der Waals surface area contributed by atoms with Crippen molar-refractivity contribution in [1.82, 2.24) is 5.32 Å². The van der Waals surface area contributed by atoms with Gasteiger partial charge in [-0.05, 0) is 36.4 Å². The lowest BCUT2D eigenvalue weighted by Gasteiger charge is -2.11. The predicted molar refractivity (Wildman–Crippen MR) is 85.4 cm³/mol. The summed E-state index contributed by atoms with van der Waals surface area (Å²) in [5.41, 5.74) is 1.10. The molecule has 0 bridgehead atoms. The monoisotopic (exact) mass is 329 g/mol. The maximum absolute atomic E-state index is 6.22. The Morgan fingerprint density at radius 1 is 0.950 bits per heavy atom. The Morgan fingerprint density at radius 2 is 1.75 bits per heavy atom. The summed E-state index contributed by atoms with van der Waals surface area (Å²) in [6, 6.07) is 10.7. The third-order valence-corrected chi connectivity index (χ3v) is 3.53. The molecule has 20 heavy (non-hydrogen) atoms. The largest absolute Gasteiger partial charge is 0.454 e. The molecule has 0 aromatic heterocycles. The van der Waals surface area contributed by atoms with Gasteiger partial charge in [0.1, 0.15) is 11.5 Å². The van der Waals surface area contributed by atoms with Gasteiger partial charge in [0.05, 0.1) is 10.0 Å². The lowest BCUT2D eigenvalue weighted by Crippen LogP contribution is -2.11. The van der Waals surface area contributed by atoms with Crippen LogP contribution in [0.3, 0.4) is 0 Å². The highest BCUT2D eigenvalue weighted by Gasteiger charge is 2.08. The molecule has 0 saturated heterocycles. The van der Waals surface area contributed by atoms with Crippen LogP contribution in [0.5, 0.6) is 11.5 Å². The van der Waals surface area contributed by atoms with Gasteiger partial charge in [-0.1, -0.05) is 47.8 Å². The van der Waals surface area contributed by atoms with Crippen LogP contribution in [0.25, 0.3) is 0 Å². The second kappa shape index (κ2) is 7.19. The van der Waals surface area contributed by atoms with Crippen molar-refractivity contribution in [3.8, 4) is 11.5 Å². The van der Waals surface area contributed by atoms with Gasteiger partial charge in [0.25, 0.3) is 0 Å². The van der Waals surface area contributed by atoms with E-state index in [9.17, 15) is 0 Å². The van der Waals surface area contributed by atoms with Gasteiger partial charge in [-0.3, -0.25) is 0 Å². The number of hydrogen-bond acceptors (Lipinski definition) is 2. The Kier molecular flexibility index (Phi) is 5.55. The minimum Gasteiger partial charge on any atom is -0.454 e. The maximum atomic E-state index is 6.22. The molecule has 2 rings (SSSR count). The first-order valence-electron chi connectivity index (χ1n) is 6.22. The molecule has 0 saturated carbocycles. The van der Waals surface area contributed by atoms with Gasteiger partial charge in [0.2, 0.25) is 0 Å². The molecule has 2 nitrogen and oxygen atoms in total. The highest BCUT2D eigenvalue weighted by atomic mass is 35.5. The zero-order chi connectivity index (χ0) is 14.5. The molecule has 0 unspecified atom stereocenters. The molecular weight excluding hydrogens is 317 g/mol. The molecule has 1 N–H and O–H groups in total. The van der Waals surface area contributed by atoms with E-state index in [1.807, 2.05) is 18.2 Å². The molecule has 0 aliphatic carbocycles. The normalized spacial score (nSPS) is 10.6. The van der Waals surface area contributed by atoms with E-state index in [2.05, 4.69) is 12.2 Å². The van der Waals surface area contributed by atoms with E-state index < -0.39 is 0 Å². The molecule has 0 radical (unpaired) electrons. The Hall–Kier alpha value is -0.930. The summed E-state index contributed by atoms with van der Waals surface area (Å²) in [6.45, 7) is 3.74. The lowest BCUT2D eigenvalue weighted by molar-refractivity contribution is 0.483. The van der Waals surface area contributed by atoms with Crippen LogP contribution >= 0.6 is 34.8 Å². The van der Waals surface area contributed by atoms with E-state index in [-0.39, 0.29) is 0 Å². The first kappa shape index (κ1) is 15.5. The summed E-state index contributed by atoms with van der Waals surface area (Å²) in [5, 5.41) is 4.83. The molecule has 0 spiro atoms. The van der Waals surface area contributed by atoms with E-state index in [1.165, 1.54) is 0 Å². The van der Waals surface area contributed by atoms with Gasteiger partial charge in [-0.25, -0.2) is 0 Å². The minimum atomic E-state index is 0.487. The van der Waals surface area contributed by atoms with Crippen molar-refractivity contribution in [3.05, 3.63) is 57.0 Å². The predicted octanol–water partition coefficient (Wildman–Crippen LogP) is 5.55.